The quantitative estimate of drug-likeness (QED) is 0.261. The lowest BCUT2D eigenvalue weighted by Crippen LogP contribution is -2.36. The zero-order valence-electron chi connectivity index (χ0n) is 23.6. The molecule has 8 nitrogen and oxygen atoms in total. The van der Waals surface area contributed by atoms with Crippen molar-refractivity contribution in [3.05, 3.63) is 112 Å². The fourth-order valence-corrected chi connectivity index (χ4v) is 7.72. The zero-order valence-corrected chi connectivity index (χ0v) is 24.4. The molecule has 2 aromatic carbocycles. The van der Waals surface area contributed by atoms with E-state index in [2.05, 4.69) is 11.2 Å². The molecule has 0 saturated carbocycles. The summed E-state index contributed by atoms with van der Waals surface area (Å²) in [6.07, 6.45) is 2.32. The molecule has 1 atom stereocenters. The van der Waals surface area contributed by atoms with Crippen molar-refractivity contribution in [2.24, 2.45) is 7.05 Å². The lowest BCUT2D eigenvalue weighted by Gasteiger charge is -2.32. The standard InChI is InChI=1S/C31H30F3N5O3S/c1-22-14-28-24(17-35-39(28)25-8-9-29(40)36(2)18-25)15-27(22)30(16-23-6-4-3-5-7-23)11-13-38(20-30)43(41,42)26-10-12-37(19-26)21-31(32,33)34/h3-10,12,14-15,17-19H,11,13,16,20-21H2,1-2H3. The second-order valence-electron chi connectivity index (χ2n) is 11.3. The SMILES string of the molecule is Cc1cc2c(cnn2-c2ccc(=O)n(C)c2)cc1C1(Cc2ccccc2)CCN(S(=O)(=O)c2ccn(CC(F)(F)F)c2)C1. The first kappa shape index (κ1) is 28.9. The van der Waals surface area contributed by atoms with Crippen molar-refractivity contribution in [2.75, 3.05) is 13.1 Å². The maximum Gasteiger partial charge on any atom is 0.406 e. The van der Waals surface area contributed by atoms with E-state index in [9.17, 15) is 26.4 Å². The minimum atomic E-state index is -4.46. The van der Waals surface area contributed by atoms with Crippen LogP contribution in [0, 0.1) is 6.92 Å². The van der Waals surface area contributed by atoms with Crippen LogP contribution in [-0.2, 0) is 35.5 Å². The number of nitrogens with zero attached hydrogens (tertiary/aromatic N) is 5. The topological polar surface area (TPSA) is 82.1 Å². The summed E-state index contributed by atoms with van der Waals surface area (Å²) in [5.41, 5.74) is 3.89. The molecule has 1 aliphatic rings. The molecular formula is C31H30F3N5O3S. The molecule has 1 fully saturated rings. The molecule has 6 rings (SSSR count). The molecule has 0 bridgehead atoms. The van der Waals surface area contributed by atoms with E-state index in [1.165, 1.54) is 21.0 Å². The molecule has 0 spiro atoms. The molecule has 4 heterocycles. The summed E-state index contributed by atoms with van der Waals surface area (Å²) in [7, 11) is -2.36. The average molecular weight is 610 g/mol. The minimum Gasteiger partial charge on any atom is -0.344 e. The molecule has 12 heteroatoms. The monoisotopic (exact) mass is 609 g/mol. The van der Waals surface area contributed by atoms with Gasteiger partial charge >= 0.3 is 6.18 Å². The Morgan fingerprint density at radius 3 is 2.51 bits per heavy atom. The summed E-state index contributed by atoms with van der Waals surface area (Å²) in [6.45, 7) is 1.14. The fraction of sp³-hybridized carbons (Fsp3) is 0.290. The molecular weight excluding hydrogens is 579 g/mol. The Bertz CT molecular complexity index is 1980. The second-order valence-corrected chi connectivity index (χ2v) is 13.2. The summed E-state index contributed by atoms with van der Waals surface area (Å²) in [5, 5.41) is 5.45. The van der Waals surface area contributed by atoms with Crippen LogP contribution in [0.25, 0.3) is 16.6 Å². The summed E-state index contributed by atoms with van der Waals surface area (Å²) < 4.78 is 71.6. The number of aromatic nitrogens is 4. The first-order valence-corrected chi connectivity index (χ1v) is 15.2. The summed E-state index contributed by atoms with van der Waals surface area (Å²) in [4.78, 5) is 11.8. The minimum absolute atomic E-state index is 0.126. The van der Waals surface area contributed by atoms with Gasteiger partial charge in [0, 0.05) is 55.6 Å². The van der Waals surface area contributed by atoms with Gasteiger partial charge in [0.15, 0.2) is 0 Å². The Morgan fingerprint density at radius 1 is 1.02 bits per heavy atom. The number of alkyl halides is 3. The highest BCUT2D eigenvalue weighted by Gasteiger charge is 2.45. The zero-order chi connectivity index (χ0) is 30.6. The van der Waals surface area contributed by atoms with Crippen LogP contribution >= 0.6 is 0 Å². The molecule has 0 aliphatic carbocycles. The third-order valence-corrected chi connectivity index (χ3v) is 10.1. The number of hydrogen-bond acceptors (Lipinski definition) is 4. The number of sulfonamides is 1. The van der Waals surface area contributed by atoms with Gasteiger partial charge in [0.25, 0.3) is 0 Å². The van der Waals surface area contributed by atoms with E-state index in [1.807, 2.05) is 43.3 Å². The lowest BCUT2D eigenvalue weighted by atomic mass is 9.73. The molecule has 1 aliphatic heterocycles. The Kier molecular flexibility index (Phi) is 7.09. The van der Waals surface area contributed by atoms with Crippen LogP contribution in [0.1, 0.15) is 23.1 Å². The third-order valence-electron chi connectivity index (χ3n) is 8.23. The number of benzene rings is 2. The Balaban J connectivity index is 1.39. The van der Waals surface area contributed by atoms with Crippen molar-refractivity contribution in [2.45, 2.75) is 42.8 Å². The third kappa shape index (κ3) is 5.52. The van der Waals surface area contributed by atoms with Gasteiger partial charge in [0.2, 0.25) is 15.6 Å². The van der Waals surface area contributed by atoms with Crippen LogP contribution in [0.15, 0.2) is 95.1 Å². The summed E-state index contributed by atoms with van der Waals surface area (Å²) in [6, 6.07) is 18.4. The molecule has 5 aromatic rings. The van der Waals surface area contributed by atoms with Crippen LogP contribution < -0.4 is 5.56 Å². The Labute approximate surface area is 246 Å². The molecule has 0 amide bonds. The maximum atomic E-state index is 13.7. The van der Waals surface area contributed by atoms with Crippen molar-refractivity contribution in [3.8, 4) is 5.69 Å². The van der Waals surface area contributed by atoms with Crippen LogP contribution in [0.3, 0.4) is 0 Å². The highest BCUT2D eigenvalue weighted by Crippen LogP contribution is 2.42. The fourth-order valence-electron chi connectivity index (χ4n) is 6.17. The normalized spacial score (nSPS) is 18.1. The predicted octanol–water partition coefficient (Wildman–Crippen LogP) is 4.97. The van der Waals surface area contributed by atoms with Gasteiger partial charge in [0.1, 0.15) is 6.54 Å². The number of pyridine rings is 1. The van der Waals surface area contributed by atoms with Gasteiger partial charge in [-0.05, 0) is 60.7 Å². The van der Waals surface area contributed by atoms with E-state index in [0.29, 0.717) is 12.8 Å². The van der Waals surface area contributed by atoms with Crippen LogP contribution in [0.5, 0.6) is 0 Å². The molecule has 1 saturated heterocycles. The number of rotatable bonds is 7. The van der Waals surface area contributed by atoms with E-state index >= 15 is 0 Å². The number of aryl methyl sites for hydroxylation is 2. The van der Waals surface area contributed by atoms with Gasteiger partial charge in [-0.1, -0.05) is 30.3 Å². The van der Waals surface area contributed by atoms with Crippen molar-refractivity contribution in [1.29, 1.82) is 0 Å². The summed E-state index contributed by atoms with van der Waals surface area (Å²) >= 11 is 0. The molecule has 43 heavy (non-hydrogen) atoms. The maximum absolute atomic E-state index is 13.7. The smallest absolute Gasteiger partial charge is 0.344 e. The largest absolute Gasteiger partial charge is 0.406 e. The van der Waals surface area contributed by atoms with E-state index in [4.69, 9.17) is 0 Å². The Morgan fingerprint density at radius 2 is 1.79 bits per heavy atom. The van der Waals surface area contributed by atoms with Gasteiger partial charge in [-0.25, -0.2) is 13.1 Å². The molecule has 1 unspecified atom stereocenters. The van der Waals surface area contributed by atoms with Gasteiger partial charge < -0.3 is 9.13 Å². The lowest BCUT2D eigenvalue weighted by molar-refractivity contribution is -0.140. The van der Waals surface area contributed by atoms with Crippen molar-refractivity contribution in [3.63, 3.8) is 0 Å². The highest BCUT2D eigenvalue weighted by atomic mass is 32.2. The van der Waals surface area contributed by atoms with E-state index in [1.54, 1.807) is 30.2 Å². The number of hydrogen-bond donors (Lipinski definition) is 0. The van der Waals surface area contributed by atoms with Gasteiger partial charge in [-0.2, -0.15) is 22.6 Å². The van der Waals surface area contributed by atoms with Crippen molar-refractivity contribution >= 4 is 20.9 Å². The van der Waals surface area contributed by atoms with E-state index in [-0.39, 0.29) is 23.5 Å². The first-order chi connectivity index (χ1) is 20.3. The van der Waals surface area contributed by atoms with Gasteiger partial charge in [0.05, 0.1) is 22.3 Å². The first-order valence-electron chi connectivity index (χ1n) is 13.8. The van der Waals surface area contributed by atoms with Crippen LogP contribution in [-0.4, -0.2) is 50.9 Å². The van der Waals surface area contributed by atoms with E-state index < -0.39 is 28.2 Å². The number of halogens is 3. The summed E-state index contributed by atoms with van der Waals surface area (Å²) in [5.74, 6) is 0. The number of fused-ring (bicyclic) bond motifs is 1. The second kappa shape index (κ2) is 10.5. The van der Waals surface area contributed by atoms with Crippen LogP contribution in [0.2, 0.25) is 0 Å². The van der Waals surface area contributed by atoms with Gasteiger partial charge in [-0.3, -0.25) is 4.79 Å². The molecule has 0 radical (unpaired) electrons. The van der Waals surface area contributed by atoms with Crippen molar-refractivity contribution < 1.29 is 21.6 Å². The average Bonchev–Trinajstić information content (AvgIpc) is 3.69. The van der Waals surface area contributed by atoms with Crippen LogP contribution in [0.4, 0.5) is 13.2 Å². The molecule has 224 valence electrons. The predicted molar refractivity (Wildman–Crippen MR) is 157 cm³/mol. The van der Waals surface area contributed by atoms with Crippen molar-refractivity contribution in [1.82, 2.24) is 23.2 Å². The van der Waals surface area contributed by atoms with E-state index in [0.717, 1.165) is 50.2 Å². The highest BCUT2D eigenvalue weighted by molar-refractivity contribution is 7.89. The molecule has 0 N–H and O–H groups in total. The van der Waals surface area contributed by atoms with Gasteiger partial charge in [-0.15, -0.1) is 0 Å². The Hall–Kier alpha value is -4.16. The molecule has 3 aromatic heterocycles.